The van der Waals surface area contributed by atoms with Gasteiger partial charge in [-0.15, -0.1) is 0 Å². The Kier molecular flexibility index (Phi) is 6.17. The quantitative estimate of drug-likeness (QED) is 0.781. The summed E-state index contributed by atoms with van der Waals surface area (Å²) in [4.78, 5) is 11.0. The summed E-state index contributed by atoms with van der Waals surface area (Å²) in [5.41, 5.74) is 1.63. The van der Waals surface area contributed by atoms with Gasteiger partial charge in [0.2, 0.25) is 0 Å². The molecule has 0 aliphatic heterocycles. The van der Waals surface area contributed by atoms with Gasteiger partial charge in [0.1, 0.15) is 0 Å². The van der Waals surface area contributed by atoms with Crippen LogP contribution in [0.2, 0.25) is 0 Å². The van der Waals surface area contributed by atoms with E-state index in [1.807, 2.05) is 12.1 Å². The number of hydrogen-bond acceptors (Lipinski definition) is 4. The van der Waals surface area contributed by atoms with Crippen LogP contribution in [-0.2, 0) is 19.7 Å². The number of rotatable bonds is 7. The van der Waals surface area contributed by atoms with E-state index in [1.165, 1.54) is 14.2 Å². The fraction of sp³-hybridized carbons (Fsp3) is 0.500. The van der Waals surface area contributed by atoms with Crippen LogP contribution in [0.3, 0.4) is 0 Å². The first-order valence-electron chi connectivity index (χ1n) is 6.67. The number of ether oxygens (including phenoxy) is 1. The fourth-order valence-electron chi connectivity index (χ4n) is 1.63. The Morgan fingerprint density at radius 2 is 1.86 bits per heavy atom. The van der Waals surface area contributed by atoms with Crippen LogP contribution >= 0.6 is 0 Å². The maximum Gasteiger partial charge on any atom is 0.306 e. The highest BCUT2D eigenvalue weighted by atomic mass is 32.2. The van der Waals surface area contributed by atoms with Crippen molar-refractivity contribution in [3.63, 3.8) is 0 Å². The van der Waals surface area contributed by atoms with E-state index < -0.39 is 16.2 Å². The van der Waals surface area contributed by atoms with E-state index in [9.17, 15) is 13.2 Å². The molecule has 0 heterocycles. The number of nitrogens with one attached hydrogen (secondary N) is 1. The Balaban J connectivity index is 2.68. The first-order valence-corrected chi connectivity index (χ1v) is 8.11. The molecule has 0 unspecified atom stereocenters. The maximum atomic E-state index is 12.1. The van der Waals surface area contributed by atoms with Crippen LogP contribution in [-0.4, -0.2) is 39.4 Å². The van der Waals surface area contributed by atoms with E-state index in [0.29, 0.717) is 11.6 Å². The van der Waals surface area contributed by atoms with Crippen molar-refractivity contribution in [3.8, 4) is 0 Å². The number of esters is 1. The third-order valence-electron chi connectivity index (χ3n) is 3.09. The Hall–Kier alpha value is -1.60. The minimum absolute atomic E-state index is 0.0141. The van der Waals surface area contributed by atoms with E-state index in [1.54, 1.807) is 12.1 Å². The molecule has 1 aromatic rings. The molecular formula is C14H22N2O4S. The third kappa shape index (κ3) is 5.35. The molecule has 0 radical (unpaired) electrons. The molecule has 0 aliphatic rings. The Morgan fingerprint density at radius 1 is 1.29 bits per heavy atom. The van der Waals surface area contributed by atoms with Crippen molar-refractivity contribution in [2.45, 2.75) is 26.2 Å². The van der Waals surface area contributed by atoms with Gasteiger partial charge in [-0.3, -0.25) is 9.52 Å². The molecule has 0 aromatic heterocycles. The maximum absolute atomic E-state index is 12.1. The number of benzene rings is 1. The summed E-state index contributed by atoms with van der Waals surface area (Å²) in [6.07, 6.45) is 0.0141. The molecule has 0 aliphatic carbocycles. The third-order valence-corrected chi connectivity index (χ3v) is 4.59. The highest BCUT2D eigenvalue weighted by Gasteiger charge is 2.18. The second kappa shape index (κ2) is 7.42. The fourth-order valence-corrected chi connectivity index (χ4v) is 2.56. The second-order valence-corrected chi connectivity index (χ2v) is 6.81. The van der Waals surface area contributed by atoms with Crippen LogP contribution in [0.15, 0.2) is 24.3 Å². The molecule has 1 N–H and O–H groups in total. The van der Waals surface area contributed by atoms with Crippen molar-refractivity contribution >= 4 is 21.9 Å². The molecule has 1 aromatic carbocycles. The molecule has 21 heavy (non-hydrogen) atoms. The van der Waals surface area contributed by atoms with Crippen molar-refractivity contribution < 1.29 is 17.9 Å². The molecular weight excluding hydrogens is 292 g/mol. The van der Waals surface area contributed by atoms with Gasteiger partial charge in [-0.25, -0.2) is 0 Å². The van der Waals surface area contributed by atoms with Gasteiger partial charge in [0, 0.05) is 19.3 Å². The number of nitrogens with zero attached hydrogens (tertiary/aromatic N) is 1. The van der Waals surface area contributed by atoms with Crippen LogP contribution in [0.5, 0.6) is 0 Å². The van der Waals surface area contributed by atoms with Crippen molar-refractivity contribution in [1.82, 2.24) is 4.31 Å². The van der Waals surface area contributed by atoms with Gasteiger partial charge < -0.3 is 4.74 Å². The molecule has 0 amide bonds. The monoisotopic (exact) mass is 314 g/mol. The van der Waals surface area contributed by atoms with Crippen molar-refractivity contribution in [2.75, 3.05) is 25.4 Å². The minimum atomic E-state index is -3.67. The number of carbonyl (C=O) groups excluding carboxylic acids is 1. The molecule has 0 saturated carbocycles. The summed E-state index contributed by atoms with van der Waals surface area (Å²) >= 11 is 0. The summed E-state index contributed by atoms with van der Waals surface area (Å²) in [6, 6.07) is 7.22. The van der Waals surface area contributed by atoms with Crippen molar-refractivity contribution in [2.24, 2.45) is 0 Å². The van der Waals surface area contributed by atoms with Gasteiger partial charge in [-0.05, 0) is 23.6 Å². The van der Waals surface area contributed by atoms with Gasteiger partial charge in [-0.1, -0.05) is 26.0 Å². The Bertz CT molecular complexity index is 567. The SMILES string of the molecule is COC(=O)CCN(C)S(=O)(=O)Nc1ccc(C(C)C)cc1. The number of anilines is 1. The van der Waals surface area contributed by atoms with Crippen LogP contribution in [0, 0.1) is 0 Å². The lowest BCUT2D eigenvalue weighted by Gasteiger charge is -2.18. The zero-order chi connectivity index (χ0) is 16.0. The van der Waals surface area contributed by atoms with Crippen molar-refractivity contribution in [1.29, 1.82) is 0 Å². The van der Waals surface area contributed by atoms with Crippen molar-refractivity contribution in [3.05, 3.63) is 29.8 Å². The molecule has 7 heteroatoms. The van der Waals surface area contributed by atoms with Gasteiger partial charge >= 0.3 is 16.2 Å². The van der Waals surface area contributed by atoms with Crippen LogP contribution in [0.4, 0.5) is 5.69 Å². The lowest BCUT2D eigenvalue weighted by molar-refractivity contribution is -0.140. The van der Waals surface area contributed by atoms with Gasteiger partial charge in [0.15, 0.2) is 0 Å². The second-order valence-electron chi connectivity index (χ2n) is 5.03. The Morgan fingerprint density at radius 3 is 2.33 bits per heavy atom. The molecule has 0 bridgehead atoms. The predicted molar refractivity (Wildman–Crippen MR) is 82.3 cm³/mol. The summed E-state index contributed by atoms with van der Waals surface area (Å²) < 4.78 is 32.2. The molecule has 0 fully saturated rings. The number of carbonyl (C=O) groups is 1. The Labute approximate surface area is 126 Å². The molecule has 0 saturated heterocycles. The average molecular weight is 314 g/mol. The van der Waals surface area contributed by atoms with E-state index >= 15 is 0 Å². The lowest BCUT2D eigenvalue weighted by atomic mass is 10.0. The average Bonchev–Trinajstić information content (AvgIpc) is 2.44. The topological polar surface area (TPSA) is 75.7 Å². The number of hydrogen-bond donors (Lipinski definition) is 1. The van der Waals surface area contributed by atoms with Gasteiger partial charge in [-0.2, -0.15) is 12.7 Å². The van der Waals surface area contributed by atoms with E-state index in [2.05, 4.69) is 23.3 Å². The molecule has 0 spiro atoms. The zero-order valence-corrected chi connectivity index (χ0v) is 13.6. The van der Waals surface area contributed by atoms with Gasteiger partial charge in [0.05, 0.1) is 13.5 Å². The minimum Gasteiger partial charge on any atom is -0.469 e. The van der Waals surface area contributed by atoms with E-state index in [4.69, 9.17) is 0 Å². The predicted octanol–water partition coefficient (Wildman–Crippen LogP) is 1.96. The smallest absolute Gasteiger partial charge is 0.306 e. The highest BCUT2D eigenvalue weighted by molar-refractivity contribution is 7.90. The summed E-state index contributed by atoms with van der Waals surface area (Å²) in [6.45, 7) is 4.20. The largest absolute Gasteiger partial charge is 0.469 e. The number of methoxy groups -OCH3 is 1. The molecule has 0 atom stereocenters. The summed E-state index contributed by atoms with van der Waals surface area (Å²) in [5.74, 6) is -0.0586. The molecule has 118 valence electrons. The van der Waals surface area contributed by atoms with E-state index in [0.717, 1.165) is 9.87 Å². The van der Waals surface area contributed by atoms with Crippen LogP contribution in [0.25, 0.3) is 0 Å². The van der Waals surface area contributed by atoms with Gasteiger partial charge in [0.25, 0.3) is 0 Å². The van der Waals surface area contributed by atoms with E-state index in [-0.39, 0.29) is 13.0 Å². The zero-order valence-electron chi connectivity index (χ0n) is 12.8. The molecule has 1 rings (SSSR count). The van der Waals surface area contributed by atoms with Crippen LogP contribution < -0.4 is 4.72 Å². The highest BCUT2D eigenvalue weighted by Crippen LogP contribution is 2.18. The normalized spacial score (nSPS) is 11.7. The van der Waals surface area contributed by atoms with Crippen LogP contribution in [0.1, 0.15) is 31.7 Å². The lowest BCUT2D eigenvalue weighted by Crippen LogP contribution is -2.34. The standard InChI is InChI=1S/C14H22N2O4S/c1-11(2)12-5-7-13(8-6-12)15-21(18,19)16(3)10-9-14(17)20-4/h5-8,11,15H,9-10H2,1-4H3. The first-order chi connectivity index (χ1) is 9.76. The summed E-state index contributed by atoms with van der Waals surface area (Å²) in [5, 5.41) is 0. The molecule has 6 nitrogen and oxygen atoms in total. The first kappa shape index (κ1) is 17.5. The summed E-state index contributed by atoms with van der Waals surface area (Å²) in [7, 11) is -0.995.